The van der Waals surface area contributed by atoms with Crippen molar-refractivity contribution in [2.75, 3.05) is 67.1 Å². The van der Waals surface area contributed by atoms with E-state index in [1.165, 1.54) is 0 Å². The Morgan fingerprint density at radius 2 is 1.81 bits per heavy atom. The molecule has 2 rings (SSSR count). The summed E-state index contributed by atoms with van der Waals surface area (Å²) in [6.07, 6.45) is 1.22. The fraction of sp³-hybridized carbons (Fsp3) is 0.867. The number of likely N-dealkylation sites (N-methyl/N-ethyl adjacent to an activating group) is 1. The largest absolute Gasteiger partial charge is 0.395 e. The number of urea groups is 1. The molecule has 248 valence electrons. The average Bonchev–Trinajstić information content (AvgIpc) is 3.47. The Labute approximate surface area is 257 Å². The predicted molar refractivity (Wildman–Crippen MR) is 163 cm³/mol. The monoisotopic (exact) mass is 612 g/mol. The molecular weight excluding hydrogens is 556 g/mol. The molecule has 2 saturated heterocycles. The zero-order valence-corrected chi connectivity index (χ0v) is 27.5. The van der Waals surface area contributed by atoms with Gasteiger partial charge in [-0.05, 0) is 32.6 Å². The van der Waals surface area contributed by atoms with Crippen LogP contribution < -0.4 is 16.0 Å². The van der Waals surface area contributed by atoms with Crippen molar-refractivity contribution in [1.82, 2.24) is 30.7 Å². The summed E-state index contributed by atoms with van der Waals surface area (Å²) < 4.78 is 11.6. The van der Waals surface area contributed by atoms with E-state index in [9.17, 15) is 19.2 Å². The van der Waals surface area contributed by atoms with E-state index >= 15 is 0 Å². The van der Waals surface area contributed by atoms with Crippen LogP contribution in [-0.2, 0) is 23.9 Å². The van der Waals surface area contributed by atoms with Gasteiger partial charge < -0.3 is 45.2 Å². The minimum Gasteiger partial charge on any atom is -0.395 e. The van der Waals surface area contributed by atoms with Crippen LogP contribution in [0.3, 0.4) is 0 Å². The van der Waals surface area contributed by atoms with Gasteiger partial charge >= 0.3 is 6.03 Å². The number of rotatable bonds is 15. The third-order valence-electron chi connectivity index (χ3n) is 9.15. The van der Waals surface area contributed by atoms with Crippen LogP contribution in [-0.4, -0.2) is 141 Å². The van der Waals surface area contributed by atoms with Crippen molar-refractivity contribution in [3.8, 4) is 0 Å². The van der Waals surface area contributed by atoms with Crippen molar-refractivity contribution < 1.29 is 33.8 Å². The summed E-state index contributed by atoms with van der Waals surface area (Å²) in [5, 5.41) is 17.8. The molecule has 43 heavy (non-hydrogen) atoms. The van der Waals surface area contributed by atoms with Gasteiger partial charge in [0.2, 0.25) is 17.7 Å². The zero-order valence-electron chi connectivity index (χ0n) is 27.5. The smallest absolute Gasteiger partial charge is 0.318 e. The van der Waals surface area contributed by atoms with Gasteiger partial charge in [0.1, 0.15) is 0 Å². The van der Waals surface area contributed by atoms with Gasteiger partial charge in [-0.25, -0.2) is 4.79 Å². The van der Waals surface area contributed by atoms with E-state index in [0.717, 1.165) is 12.8 Å². The van der Waals surface area contributed by atoms with E-state index in [1.54, 1.807) is 42.9 Å². The molecule has 0 spiro atoms. The first-order valence-electron chi connectivity index (χ1n) is 15.6. The molecule has 0 saturated carbocycles. The van der Waals surface area contributed by atoms with Crippen LogP contribution >= 0.6 is 0 Å². The summed E-state index contributed by atoms with van der Waals surface area (Å²) in [5.41, 5.74) is -0.367. The van der Waals surface area contributed by atoms with Crippen LogP contribution in [0.4, 0.5) is 4.79 Å². The summed E-state index contributed by atoms with van der Waals surface area (Å²) in [4.78, 5) is 57.8. The van der Waals surface area contributed by atoms with Crippen molar-refractivity contribution in [3.63, 3.8) is 0 Å². The van der Waals surface area contributed by atoms with Gasteiger partial charge in [0.15, 0.2) is 0 Å². The number of aliphatic hydroxyl groups is 1. The molecule has 2 aliphatic rings. The van der Waals surface area contributed by atoms with Crippen molar-refractivity contribution in [2.45, 2.75) is 90.1 Å². The van der Waals surface area contributed by atoms with Gasteiger partial charge in [0.05, 0.1) is 55.3 Å². The maximum absolute atomic E-state index is 13.8. The average molecular weight is 613 g/mol. The van der Waals surface area contributed by atoms with Crippen LogP contribution in [0.25, 0.3) is 0 Å². The van der Waals surface area contributed by atoms with Crippen molar-refractivity contribution >= 4 is 23.8 Å². The molecule has 0 aliphatic carbocycles. The molecule has 2 aliphatic heterocycles. The van der Waals surface area contributed by atoms with E-state index in [4.69, 9.17) is 14.6 Å². The highest BCUT2D eigenvalue weighted by molar-refractivity contribution is 5.85. The molecule has 13 nitrogen and oxygen atoms in total. The molecule has 0 aromatic carbocycles. The molecule has 0 aromatic rings. The van der Waals surface area contributed by atoms with E-state index in [-0.39, 0.29) is 67.4 Å². The highest BCUT2D eigenvalue weighted by atomic mass is 16.5. The number of nitrogens with one attached hydrogen (secondary N) is 3. The number of hydrogen-bond acceptors (Lipinski definition) is 8. The second-order valence-corrected chi connectivity index (χ2v) is 12.5. The minimum atomic E-state index is -0.577. The van der Waals surface area contributed by atoms with Crippen LogP contribution in [0, 0.1) is 11.8 Å². The number of likely N-dealkylation sites (tertiary alicyclic amines) is 1. The first kappa shape index (κ1) is 36.7. The number of ether oxygens (including phenoxy) is 2. The second kappa shape index (κ2) is 17.1. The molecule has 0 aromatic heterocycles. The molecule has 0 unspecified atom stereocenters. The van der Waals surface area contributed by atoms with E-state index in [1.807, 2.05) is 27.7 Å². The van der Waals surface area contributed by atoms with Gasteiger partial charge in [0.25, 0.3) is 0 Å². The highest BCUT2D eigenvalue weighted by Gasteiger charge is 2.42. The summed E-state index contributed by atoms with van der Waals surface area (Å²) >= 11 is 0. The van der Waals surface area contributed by atoms with Gasteiger partial charge in [-0.3, -0.25) is 14.4 Å². The van der Waals surface area contributed by atoms with Crippen LogP contribution in [0.5, 0.6) is 0 Å². The lowest BCUT2D eigenvalue weighted by Gasteiger charge is -2.42. The number of amides is 5. The first-order valence-corrected chi connectivity index (χ1v) is 15.6. The molecule has 13 heteroatoms. The Morgan fingerprint density at radius 3 is 2.40 bits per heavy atom. The fourth-order valence-electron chi connectivity index (χ4n) is 6.40. The molecule has 0 radical (unpaired) electrons. The summed E-state index contributed by atoms with van der Waals surface area (Å²) in [6.45, 7) is 12.1. The van der Waals surface area contributed by atoms with Crippen molar-refractivity contribution in [3.05, 3.63) is 0 Å². The lowest BCUT2D eigenvalue weighted by Crippen LogP contribution is -2.62. The molecule has 2 fully saturated rings. The highest BCUT2D eigenvalue weighted by Crippen LogP contribution is 2.29. The lowest BCUT2D eigenvalue weighted by atomic mass is 9.90. The Kier molecular flexibility index (Phi) is 14.6. The Bertz CT molecular complexity index is 935. The van der Waals surface area contributed by atoms with Gasteiger partial charge in [-0.15, -0.1) is 0 Å². The lowest BCUT2D eigenvalue weighted by molar-refractivity contribution is -0.145. The predicted octanol–water partition coefficient (Wildman–Crippen LogP) is 0.409. The topological polar surface area (TPSA) is 153 Å². The van der Waals surface area contributed by atoms with Crippen LogP contribution in [0.2, 0.25) is 0 Å². The van der Waals surface area contributed by atoms with E-state index in [0.29, 0.717) is 32.6 Å². The van der Waals surface area contributed by atoms with Crippen molar-refractivity contribution in [1.29, 1.82) is 0 Å². The Hall–Kier alpha value is -2.48. The molecule has 2 heterocycles. The third kappa shape index (κ3) is 9.50. The Balaban J connectivity index is 2.12. The fourth-order valence-corrected chi connectivity index (χ4v) is 6.40. The molecule has 0 bridgehead atoms. The summed E-state index contributed by atoms with van der Waals surface area (Å²) in [6, 6.07) is -0.962. The zero-order chi connectivity index (χ0) is 32.3. The second-order valence-electron chi connectivity index (χ2n) is 12.5. The quantitative estimate of drug-likeness (QED) is 0.208. The van der Waals surface area contributed by atoms with Gasteiger partial charge in [0, 0.05) is 54.0 Å². The Morgan fingerprint density at radius 1 is 1.12 bits per heavy atom. The number of nitrogens with zero attached hydrogens (tertiary/aromatic N) is 3. The van der Waals surface area contributed by atoms with E-state index < -0.39 is 24.2 Å². The molecular formula is C30H56N6O7. The molecule has 6 atom stereocenters. The minimum absolute atomic E-state index is 0.0193. The van der Waals surface area contributed by atoms with Crippen molar-refractivity contribution in [2.24, 2.45) is 11.8 Å². The van der Waals surface area contributed by atoms with Gasteiger partial charge in [-0.1, -0.05) is 27.2 Å². The number of carbonyl (C=O) groups excluding carboxylic acids is 4. The standard InChI is InChI=1S/C30H56N6O7/c1-9-20(2)26(34(6)25(39)18-33-29(41)36-15-12-31-19-30(36,4)5)23(42-7)17-24(38)35-14-10-11-22(35)27(43-8)21(3)28(40)32-13-16-37/h20-23,26-27,31,37H,9-19H2,1-8H3,(H,32,40)(H,33,41)/t20-,21+,22-,23+,26-,27+/m0/s1. The number of aliphatic hydroxyl groups excluding tert-OH is 1. The number of carbonyl (C=O) groups is 4. The number of hydrogen-bond donors (Lipinski definition) is 4. The maximum atomic E-state index is 13.8. The summed E-state index contributed by atoms with van der Waals surface area (Å²) in [7, 11) is 4.79. The van der Waals surface area contributed by atoms with Crippen LogP contribution in [0.1, 0.15) is 60.3 Å². The third-order valence-corrected chi connectivity index (χ3v) is 9.15. The maximum Gasteiger partial charge on any atom is 0.318 e. The molecule has 5 amide bonds. The van der Waals surface area contributed by atoms with Crippen LogP contribution in [0.15, 0.2) is 0 Å². The SMILES string of the molecule is CC[C@H](C)[C@@H]([C@@H](CC(=O)N1CCC[C@H]1[C@H](OC)[C@@H](C)C(=O)NCCO)OC)N(C)C(=O)CNC(=O)N1CCNCC1(C)C. The number of methoxy groups -OCH3 is 2. The summed E-state index contributed by atoms with van der Waals surface area (Å²) in [5.74, 6) is -1.12. The number of piperazine rings is 1. The first-order chi connectivity index (χ1) is 20.3. The molecule has 4 N–H and O–H groups in total. The van der Waals surface area contributed by atoms with Gasteiger partial charge in [-0.2, -0.15) is 0 Å². The van der Waals surface area contributed by atoms with E-state index in [2.05, 4.69) is 16.0 Å². The normalized spacial score (nSPS) is 21.8.